The molecule has 4 aromatic rings. The van der Waals surface area contributed by atoms with Gasteiger partial charge in [0.2, 0.25) is 0 Å². The summed E-state index contributed by atoms with van der Waals surface area (Å²) in [7, 11) is 0. The van der Waals surface area contributed by atoms with Gasteiger partial charge in [-0.15, -0.1) is 0 Å². The molecule has 0 saturated carbocycles. The van der Waals surface area contributed by atoms with Gasteiger partial charge in [-0.1, -0.05) is 0 Å². The molecule has 0 unspecified atom stereocenters. The second-order valence-corrected chi connectivity index (χ2v) is 3.72. The summed E-state index contributed by atoms with van der Waals surface area (Å²) in [5.41, 5.74) is 2.40. The van der Waals surface area contributed by atoms with Crippen molar-refractivity contribution in [3.8, 4) is 0 Å². The molecule has 4 heterocycles. The molecular weight excluding hydrogens is 240 g/mol. The van der Waals surface area contributed by atoms with Crippen molar-refractivity contribution in [2.45, 2.75) is 0 Å². The van der Waals surface area contributed by atoms with Gasteiger partial charge in [-0.3, -0.25) is 0 Å². The molecule has 0 aliphatic carbocycles. The van der Waals surface area contributed by atoms with E-state index in [-0.39, 0.29) is 0 Å². The number of H-pyrrole nitrogens is 1. The Morgan fingerprint density at radius 2 is 1.63 bits per heavy atom. The first kappa shape index (κ1) is 11.2. The number of hydrogen-bond donors (Lipinski definition) is 1. The van der Waals surface area contributed by atoms with E-state index in [0.29, 0.717) is 5.65 Å². The van der Waals surface area contributed by atoms with E-state index in [0.717, 1.165) is 16.6 Å². The van der Waals surface area contributed by atoms with E-state index in [1.54, 1.807) is 24.9 Å². The average Bonchev–Trinajstić information content (AvgIpc) is 2.96. The van der Waals surface area contributed by atoms with E-state index in [1.165, 1.54) is 6.33 Å². The molecule has 6 nitrogen and oxygen atoms in total. The maximum atomic E-state index is 4.07. The lowest BCUT2D eigenvalue weighted by molar-refractivity contribution is 1.20. The summed E-state index contributed by atoms with van der Waals surface area (Å²) in [4.78, 5) is 22.6. The van der Waals surface area contributed by atoms with Crippen LogP contribution in [0.25, 0.3) is 22.2 Å². The predicted molar refractivity (Wildman–Crippen MR) is 71.2 cm³/mol. The molecule has 0 spiro atoms. The Morgan fingerprint density at radius 1 is 0.842 bits per heavy atom. The summed E-state index contributed by atoms with van der Waals surface area (Å²) in [5.74, 6) is 0. The number of aromatic amines is 1. The van der Waals surface area contributed by atoms with Crippen molar-refractivity contribution in [2.75, 3.05) is 0 Å². The van der Waals surface area contributed by atoms with Gasteiger partial charge < -0.3 is 4.98 Å². The minimum Gasteiger partial charge on any atom is -0.342 e. The van der Waals surface area contributed by atoms with Crippen LogP contribution in [0, 0.1) is 0 Å². The molecule has 4 rings (SSSR count). The molecule has 0 fully saturated rings. The Bertz CT molecular complexity index is 699. The summed E-state index contributed by atoms with van der Waals surface area (Å²) in [6.45, 7) is 0. The molecule has 1 N–H and O–H groups in total. The van der Waals surface area contributed by atoms with E-state index in [9.17, 15) is 0 Å². The van der Waals surface area contributed by atoms with E-state index in [2.05, 4.69) is 29.9 Å². The molecule has 6 heteroatoms. The first-order valence-electron chi connectivity index (χ1n) is 5.68. The Hall–Kier alpha value is -2.89. The van der Waals surface area contributed by atoms with E-state index in [1.807, 2.05) is 24.3 Å². The third-order valence-electron chi connectivity index (χ3n) is 2.47. The van der Waals surface area contributed by atoms with Gasteiger partial charge in [-0.05, 0) is 24.3 Å². The predicted octanol–water partition coefficient (Wildman–Crippen LogP) is 1.98. The quantitative estimate of drug-likeness (QED) is 0.516. The largest absolute Gasteiger partial charge is 0.342 e. The number of pyridine rings is 2. The van der Waals surface area contributed by atoms with Gasteiger partial charge in [0.15, 0.2) is 11.3 Å². The lowest BCUT2D eigenvalue weighted by atomic mass is 10.3. The third-order valence-corrected chi connectivity index (χ3v) is 2.47. The van der Waals surface area contributed by atoms with Crippen LogP contribution in [0.3, 0.4) is 0 Å². The molecule has 0 bridgehead atoms. The zero-order valence-corrected chi connectivity index (χ0v) is 9.93. The Morgan fingerprint density at radius 3 is 2.32 bits per heavy atom. The number of fused-ring (bicyclic) bond motifs is 2. The highest BCUT2D eigenvalue weighted by atomic mass is 15.0. The topological polar surface area (TPSA) is 80.2 Å². The lowest BCUT2D eigenvalue weighted by Crippen LogP contribution is -1.78. The fraction of sp³-hybridized carbons (Fsp3) is 0. The van der Waals surface area contributed by atoms with Crippen LogP contribution in [-0.4, -0.2) is 29.9 Å². The number of nitrogens with one attached hydrogen (secondary N) is 1. The normalized spacial score (nSPS) is 10.1. The fourth-order valence-corrected chi connectivity index (χ4v) is 1.60. The first-order chi connectivity index (χ1) is 9.43. The van der Waals surface area contributed by atoms with Crippen LogP contribution in [0.15, 0.2) is 55.5 Å². The van der Waals surface area contributed by atoms with Gasteiger partial charge >= 0.3 is 0 Å². The number of aromatic nitrogens is 6. The Balaban J connectivity index is 0.000000117. The highest BCUT2D eigenvalue weighted by molar-refractivity contribution is 5.73. The van der Waals surface area contributed by atoms with Crippen molar-refractivity contribution in [1.29, 1.82) is 0 Å². The summed E-state index contributed by atoms with van der Waals surface area (Å²) >= 11 is 0. The van der Waals surface area contributed by atoms with Gasteiger partial charge in [0, 0.05) is 17.8 Å². The Kier molecular flexibility index (Phi) is 3.05. The van der Waals surface area contributed by atoms with E-state index >= 15 is 0 Å². The van der Waals surface area contributed by atoms with Crippen molar-refractivity contribution in [1.82, 2.24) is 29.9 Å². The van der Waals surface area contributed by atoms with Gasteiger partial charge in [-0.25, -0.2) is 24.9 Å². The molecule has 19 heavy (non-hydrogen) atoms. The Labute approximate surface area is 108 Å². The van der Waals surface area contributed by atoms with Crippen LogP contribution < -0.4 is 0 Å². The molecule has 0 amide bonds. The number of rotatable bonds is 0. The van der Waals surface area contributed by atoms with Crippen molar-refractivity contribution >= 4 is 22.2 Å². The minimum absolute atomic E-state index is 0.713. The van der Waals surface area contributed by atoms with Crippen LogP contribution in [0.2, 0.25) is 0 Å². The van der Waals surface area contributed by atoms with Gasteiger partial charge in [0.1, 0.15) is 11.8 Å². The molecule has 0 aliphatic rings. The highest BCUT2D eigenvalue weighted by Gasteiger charge is 1.91. The molecule has 92 valence electrons. The monoisotopic (exact) mass is 250 g/mol. The zero-order chi connectivity index (χ0) is 12.9. The van der Waals surface area contributed by atoms with E-state index < -0.39 is 0 Å². The van der Waals surface area contributed by atoms with Crippen molar-refractivity contribution in [3.05, 3.63) is 55.5 Å². The molecule has 0 atom stereocenters. The lowest BCUT2D eigenvalue weighted by Gasteiger charge is -1.90. The second kappa shape index (κ2) is 5.18. The van der Waals surface area contributed by atoms with Crippen molar-refractivity contribution in [3.63, 3.8) is 0 Å². The zero-order valence-electron chi connectivity index (χ0n) is 9.93. The smallest absolute Gasteiger partial charge is 0.180 e. The number of imidazole rings is 1. The molecule has 0 saturated heterocycles. The minimum atomic E-state index is 0.713. The maximum Gasteiger partial charge on any atom is 0.180 e. The average molecular weight is 250 g/mol. The SMILES string of the molecule is c1cnc2ncccc2c1.c1ncc2[nH]cnc2n1. The first-order valence-corrected chi connectivity index (χ1v) is 5.68. The van der Waals surface area contributed by atoms with Crippen molar-refractivity contribution in [2.24, 2.45) is 0 Å². The number of nitrogens with zero attached hydrogens (tertiary/aromatic N) is 5. The second-order valence-electron chi connectivity index (χ2n) is 3.72. The fourth-order valence-electron chi connectivity index (χ4n) is 1.60. The van der Waals surface area contributed by atoms with Crippen LogP contribution in [-0.2, 0) is 0 Å². The molecule has 0 radical (unpaired) electrons. The maximum absolute atomic E-state index is 4.07. The third kappa shape index (κ3) is 2.52. The molecule has 0 aromatic carbocycles. The number of hydrogen-bond acceptors (Lipinski definition) is 5. The molecular formula is C13H10N6. The van der Waals surface area contributed by atoms with Gasteiger partial charge in [0.25, 0.3) is 0 Å². The van der Waals surface area contributed by atoms with Crippen molar-refractivity contribution < 1.29 is 0 Å². The summed E-state index contributed by atoms with van der Waals surface area (Å²) in [6.07, 6.45) is 8.25. The van der Waals surface area contributed by atoms with Crippen LogP contribution in [0.1, 0.15) is 0 Å². The van der Waals surface area contributed by atoms with Crippen LogP contribution >= 0.6 is 0 Å². The van der Waals surface area contributed by atoms with Crippen LogP contribution in [0.4, 0.5) is 0 Å². The van der Waals surface area contributed by atoms with E-state index in [4.69, 9.17) is 0 Å². The van der Waals surface area contributed by atoms with Gasteiger partial charge in [0.05, 0.1) is 12.5 Å². The summed E-state index contributed by atoms with van der Waals surface area (Å²) < 4.78 is 0. The van der Waals surface area contributed by atoms with Crippen LogP contribution in [0.5, 0.6) is 0 Å². The highest BCUT2D eigenvalue weighted by Crippen LogP contribution is 2.04. The summed E-state index contributed by atoms with van der Waals surface area (Å²) in [6, 6.07) is 7.80. The molecule has 4 aromatic heterocycles. The van der Waals surface area contributed by atoms with Gasteiger partial charge in [-0.2, -0.15) is 0 Å². The summed E-state index contributed by atoms with van der Waals surface area (Å²) in [5, 5.41) is 1.09. The standard InChI is InChI=1S/C8H6N2.C5H4N4/c1-3-7-4-2-6-10-8(7)9-5-1;1-4-5(8-2-6-1)9-3-7-4/h1-6H;1-3H,(H,6,7,8,9). The molecule has 0 aliphatic heterocycles.